The second kappa shape index (κ2) is 11.6. The molecule has 5 rings (SSSR count). The molecule has 3 aromatic carbocycles. The summed E-state index contributed by atoms with van der Waals surface area (Å²) in [5.74, 6) is -1.48. The molecule has 0 saturated heterocycles. The van der Waals surface area contributed by atoms with E-state index in [4.69, 9.17) is 4.74 Å². The van der Waals surface area contributed by atoms with Crippen LogP contribution >= 0.6 is 11.8 Å². The van der Waals surface area contributed by atoms with Gasteiger partial charge in [-0.2, -0.15) is 0 Å². The van der Waals surface area contributed by atoms with Crippen molar-refractivity contribution in [3.63, 3.8) is 0 Å². The summed E-state index contributed by atoms with van der Waals surface area (Å²) in [5.41, 5.74) is 4.67. The Bertz CT molecular complexity index is 1600. The van der Waals surface area contributed by atoms with E-state index in [2.05, 4.69) is 4.98 Å². The first-order valence-corrected chi connectivity index (χ1v) is 13.7. The standard InChI is InChI=1S/C27H21F2NO4S2.Na/c28-23-14-18-7-9-20(30-25(18)15-24(23)29)8-5-17-6-10-26-22(13-17)27(35-11-12-36(31,32)33)21-4-2-1-3-19(21)16-34-26;/h1-10,13-15,27H,11-12,16H2,(H,31,32,33);/q;+1/p-1/b8-5+;. The molecular formula is C27H20F2NNaO4S2. The molecule has 0 fully saturated rings. The topological polar surface area (TPSA) is 79.3 Å². The van der Waals surface area contributed by atoms with E-state index in [1.807, 2.05) is 48.5 Å². The number of thioether (sulfide) groups is 1. The van der Waals surface area contributed by atoms with Crippen molar-refractivity contribution in [2.75, 3.05) is 11.5 Å². The molecule has 5 nitrogen and oxygen atoms in total. The van der Waals surface area contributed by atoms with Gasteiger partial charge in [0.25, 0.3) is 0 Å². The molecule has 0 radical (unpaired) electrons. The van der Waals surface area contributed by atoms with Crippen LogP contribution in [0.4, 0.5) is 8.78 Å². The molecule has 0 spiro atoms. The van der Waals surface area contributed by atoms with Gasteiger partial charge in [-0.25, -0.2) is 22.2 Å². The van der Waals surface area contributed by atoms with Crippen LogP contribution in [0.5, 0.6) is 5.75 Å². The molecule has 0 saturated carbocycles. The monoisotopic (exact) mass is 547 g/mol. The van der Waals surface area contributed by atoms with Crippen LogP contribution in [0.15, 0.2) is 66.7 Å². The second-order valence-electron chi connectivity index (χ2n) is 8.33. The normalized spacial score (nSPS) is 14.9. The Morgan fingerprint density at radius 3 is 2.59 bits per heavy atom. The number of hydrogen-bond acceptors (Lipinski definition) is 6. The van der Waals surface area contributed by atoms with E-state index >= 15 is 0 Å². The summed E-state index contributed by atoms with van der Waals surface area (Å²) in [6, 6.07) is 19.1. The SMILES string of the molecule is O=S(=O)([O-])CCSC1c2ccccc2COc2ccc(/C=C/c3ccc4cc(F)c(F)cc4n3)cc21.[Na+]. The van der Waals surface area contributed by atoms with E-state index in [1.54, 1.807) is 18.2 Å². The third-order valence-corrected chi connectivity index (χ3v) is 8.10. The number of nitrogens with zero attached hydrogens (tertiary/aromatic N) is 1. The molecule has 37 heavy (non-hydrogen) atoms. The minimum absolute atomic E-state index is 0. The maximum atomic E-state index is 13.6. The third-order valence-electron chi connectivity index (χ3n) is 5.85. The first kappa shape index (κ1) is 27.8. The summed E-state index contributed by atoms with van der Waals surface area (Å²) in [4.78, 5) is 4.39. The maximum Gasteiger partial charge on any atom is 1.00 e. The molecule has 1 aliphatic heterocycles. The minimum Gasteiger partial charge on any atom is -0.748 e. The van der Waals surface area contributed by atoms with Crippen LogP contribution in [0.25, 0.3) is 23.1 Å². The molecule has 4 aromatic rings. The molecule has 2 heterocycles. The summed E-state index contributed by atoms with van der Waals surface area (Å²) in [6.45, 7) is 0.382. The van der Waals surface area contributed by atoms with Gasteiger partial charge in [0.1, 0.15) is 12.4 Å². The molecule has 1 atom stereocenters. The van der Waals surface area contributed by atoms with Gasteiger partial charge in [0.15, 0.2) is 11.6 Å². The van der Waals surface area contributed by atoms with E-state index in [0.29, 0.717) is 29.0 Å². The first-order valence-electron chi connectivity index (χ1n) is 11.1. The summed E-state index contributed by atoms with van der Waals surface area (Å²) in [5, 5.41) is 0.289. The van der Waals surface area contributed by atoms with Gasteiger partial charge in [0.05, 0.1) is 26.6 Å². The van der Waals surface area contributed by atoms with Crippen LogP contribution in [0.1, 0.15) is 33.2 Å². The molecule has 10 heteroatoms. The van der Waals surface area contributed by atoms with Gasteiger partial charge in [-0.1, -0.05) is 42.5 Å². The summed E-state index contributed by atoms with van der Waals surface area (Å²) >= 11 is 1.39. The molecule has 184 valence electrons. The van der Waals surface area contributed by atoms with Crippen molar-refractivity contribution in [2.24, 2.45) is 0 Å². The van der Waals surface area contributed by atoms with Crippen molar-refractivity contribution < 1.29 is 56.0 Å². The fourth-order valence-electron chi connectivity index (χ4n) is 4.11. The Labute approximate surface area is 240 Å². The van der Waals surface area contributed by atoms with Crippen LogP contribution in [-0.4, -0.2) is 29.5 Å². The summed E-state index contributed by atoms with van der Waals surface area (Å²) in [6.07, 6.45) is 3.63. The predicted octanol–water partition coefficient (Wildman–Crippen LogP) is 2.95. The number of aromatic nitrogens is 1. The molecule has 0 bridgehead atoms. The van der Waals surface area contributed by atoms with Crippen molar-refractivity contribution >= 4 is 44.9 Å². The Morgan fingerprint density at radius 2 is 1.78 bits per heavy atom. The molecule has 1 aromatic heterocycles. The zero-order valence-corrected chi connectivity index (χ0v) is 23.5. The molecule has 0 amide bonds. The summed E-state index contributed by atoms with van der Waals surface area (Å²) < 4.78 is 66.7. The Balaban J connectivity index is 0.00000320. The number of pyridine rings is 1. The molecular weight excluding hydrogens is 527 g/mol. The van der Waals surface area contributed by atoms with E-state index < -0.39 is 27.5 Å². The average molecular weight is 548 g/mol. The number of benzene rings is 3. The van der Waals surface area contributed by atoms with Crippen LogP contribution in [0.2, 0.25) is 0 Å². The Hall–Kier alpha value is -2.27. The van der Waals surface area contributed by atoms with Crippen molar-refractivity contribution in [3.8, 4) is 5.75 Å². The minimum atomic E-state index is -4.32. The van der Waals surface area contributed by atoms with Gasteiger partial charge >= 0.3 is 29.6 Å². The van der Waals surface area contributed by atoms with Crippen LogP contribution in [0.3, 0.4) is 0 Å². The molecule has 0 N–H and O–H groups in total. The zero-order chi connectivity index (χ0) is 25.3. The number of fused-ring (bicyclic) bond motifs is 3. The number of rotatable bonds is 6. The smallest absolute Gasteiger partial charge is 0.748 e. The predicted molar refractivity (Wildman–Crippen MR) is 137 cm³/mol. The van der Waals surface area contributed by atoms with E-state index in [0.717, 1.165) is 34.4 Å². The van der Waals surface area contributed by atoms with Gasteiger partial charge in [-0.05, 0) is 47.0 Å². The zero-order valence-electron chi connectivity index (χ0n) is 19.9. The molecule has 1 aliphatic rings. The van der Waals surface area contributed by atoms with E-state index in [-0.39, 0.29) is 40.6 Å². The van der Waals surface area contributed by atoms with E-state index in [9.17, 15) is 21.8 Å². The van der Waals surface area contributed by atoms with Crippen LogP contribution in [-0.2, 0) is 16.7 Å². The number of halogens is 2. The quantitative estimate of drug-likeness (QED) is 0.273. The van der Waals surface area contributed by atoms with Gasteiger partial charge < -0.3 is 9.29 Å². The first-order chi connectivity index (χ1) is 17.3. The average Bonchev–Trinajstić information content (AvgIpc) is 3.00. The van der Waals surface area contributed by atoms with Crippen LogP contribution < -0.4 is 34.3 Å². The van der Waals surface area contributed by atoms with Crippen molar-refractivity contribution in [3.05, 3.63) is 106 Å². The number of ether oxygens (including phenoxy) is 1. The number of hydrogen-bond donors (Lipinski definition) is 0. The van der Waals surface area contributed by atoms with Crippen molar-refractivity contribution in [2.45, 2.75) is 11.9 Å². The van der Waals surface area contributed by atoms with Gasteiger partial charge in [0.2, 0.25) is 0 Å². The van der Waals surface area contributed by atoms with Crippen molar-refractivity contribution in [1.29, 1.82) is 0 Å². The molecule has 1 unspecified atom stereocenters. The van der Waals surface area contributed by atoms with E-state index in [1.165, 1.54) is 11.8 Å². The third kappa shape index (κ3) is 6.60. The Morgan fingerprint density at radius 1 is 1.00 bits per heavy atom. The fraction of sp³-hybridized carbons (Fsp3) is 0.148. The van der Waals surface area contributed by atoms with Gasteiger partial charge in [-0.15, -0.1) is 11.8 Å². The Kier molecular flexibility index (Phi) is 8.73. The van der Waals surface area contributed by atoms with Crippen molar-refractivity contribution in [1.82, 2.24) is 4.98 Å². The van der Waals surface area contributed by atoms with Crippen LogP contribution in [0, 0.1) is 11.6 Å². The molecule has 0 aliphatic carbocycles. The van der Waals surface area contributed by atoms with Gasteiger partial charge in [-0.3, -0.25) is 0 Å². The summed E-state index contributed by atoms with van der Waals surface area (Å²) in [7, 11) is -4.32. The maximum absolute atomic E-state index is 13.6. The second-order valence-corrected chi connectivity index (χ2v) is 11.1. The van der Waals surface area contributed by atoms with Gasteiger partial charge in [0, 0.05) is 28.5 Å². The fourth-order valence-corrected chi connectivity index (χ4v) is 6.32. The largest absolute Gasteiger partial charge is 1.00 e.